The molecule has 8 heteroatoms. The second-order valence-corrected chi connectivity index (χ2v) is 6.37. The molecule has 4 N–H and O–H groups in total. The molecular weight excluding hydrogens is 332 g/mol. The minimum Gasteiger partial charge on any atom is -0.481 e. The van der Waals surface area contributed by atoms with E-state index in [2.05, 4.69) is 0 Å². The Morgan fingerprint density at radius 3 is 1.48 bits per heavy atom. The van der Waals surface area contributed by atoms with E-state index in [4.69, 9.17) is 20.4 Å². The van der Waals surface area contributed by atoms with Crippen molar-refractivity contribution < 1.29 is 39.6 Å². The van der Waals surface area contributed by atoms with Crippen LogP contribution in [0.4, 0.5) is 0 Å². The summed E-state index contributed by atoms with van der Waals surface area (Å²) in [7, 11) is 0. The Morgan fingerprint density at radius 2 is 1.24 bits per heavy atom. The molecule has 0 aliphatic carbocycles. The van der Waals surface area contributed by atoms with Crippen molar-refractivity contribution in [2.24, 2.45) is 11.3 Å². The molecule has 0 radical (unpaired) electrons. The van der Waals surface area contributed by atoms with Gasteiger partial charge in [0, 0.05) is 0 Å². The van der Waals surface area contributed by atoms with Gasteiger partial charge in [0.2, 0.25) is 0 Å². The third-order valence-corrected chi connectivity index (χ3v) is 3.29. The van der Waals surface area contributed by atoms with Crippen LogP contribution in [0.2, 0.25) is 0 Å². The van der Waals surface area contributed by atoms with Crippen molar-refractivity contribution in [2.45, 2.75) is 33.6 Å². The topological polar surface area (TPSA) is 149 Å². The molecule has 0 aliphatic heterocycles. The van der Waals surface area contributed by atoms with Crippen molar-refractivity contribution in [1.29, 1.82) is 0 Å². The van der Waals surface area contributed by atoms with Crippen LogP contribution in [0.1, 0.15) is 54.3 Å². The Hall–Kier alpha value is -2.90. The predicted octanol–water partition coefficient (Wildman–Crippen LogP) is 2.68. The number of rotatable bonds is 7. The molecule has 0 bridgehead atoms. The van der Waals surface area contributed by atoms with Gasteiger partial charge in [-0.3, -0.25) is 9.59 Å². The summed E-state index contributed by atoms with van der Waals surface area (Å²) in [6, 6.07) is 5.02. The number of benzene rings is 1. The summed E-state index contributed by atoms with van der Waals surface area (Å²) in [6.07, 6.45) is 0.388. The molecule has 8 nitrogen and oxygen atoms in total. The van der Waals surface area contributed by atoms with Gasteiger partial charge >= 0.3 is 23.9 Å². The molecule has 138 valence electrons. The van der Waals surface area contributed by atoms with Crippen molar-refractivity contribution in [1.82, 2.24) is 0 Å². The maximum atomic E-state index is 10.5. The van der Waals surface area contributed by atoms with Gasteiger partial charge in [-0.2, -0.15) is 0 Å². The number of aromatic carboxylic acids is 2. The quantitative estimate of drug-likeness (QED) is 0.584. The number of aliphatic carboxylic acids is 2. The first kappa shape index (κ1) is 22.1. The van der Waals surface area contributed by atoms with Crippen LogP contribution in [-0.4, -0.2) is 44.3 Å². The fourth-order valence-electron chi connectivity index (χ4n) is 2.15. The molecular formula is C17H22O8. The normalized spacial score (nSPS) is 11.6. The summed E-state index contributed by atoms with van der Waals surface area (Å²) in [5.74, 6) is -4.38. The second kappa shape index (κ2) is 9.41. The van der Waals surface area contributed by atoms with Crippen molar-refractivity contribution in [3.05, 3.63) is 35.4 Å². The first-order valence-electron chi connectivity index (χ1n) is 7.37. The van der Waals surface area contributed by atoms with Gasteiger partial charge in [0.1, 0.15) is 0 Å². The largest absolute Gasteiger partial charge is 0.481 e. The van der Waals surface area contributed by atoms with Crippen LogP contribution >= 0.6 is 0 Å². The molecule has 1 aromatic rings. The van der Waals surface area contributed by atoms with E-state index < -0.39 is 35.2 Å². The van der Waals surface area contributed by atoms with Crippen LogP contribution < -0.4 is 0 Å². The Kier molecular flexibility index (Phi) is 8.32. The van der Waals surface area contributed by atoms with E-state index in [-0.39, 0.29) is 17.5 Å². The lowest BCUT2D eigenvalue weighted by molar-refractivity contribution is -0.144. The van der Waals surface area contributed by atoms with Gasteiger partial charge in [-0.25, -0.2) is 9.59 Å². The van der Waals surface area contributed by atoms with Crippen molar-refractivity contribution in [3.8, 4) is 0 Å². The number of carboxylic acids is 4. The molecule has 1 atom stereocenters. The molecule has 1 rings (SSSR count). The van der Waals surface area contributed by atoms with Gasteiger partial charge in [0.15, 0.2) is 0 Å². The molecule has 0 amide bonds. The van der Waals surface area contributed by atoms with E-state index in [1.807, 2.05) is 0 Å². The highest BCUT2D eigenvalue weighted by Crippen LogP contribution is 2.29. The van der Waals surface area contributed by atoms with Gasteiger partial charge in [0.05, 0.1) is 23.5 Å². The van der Waals surface area contributed by atoms with Crippen molar-refractivity contribution >= 4 is 23.9 Å². The van der Waals surface area contributed by atoms with Crippen LogP contribution in [0.25, 0.3) is 0 Å². The monoisotopic (exact) mass is 354 g/mol. The molecule has 1 aromatic carbocycles. The van der Waals surface area contributed by atoms with Gasteiger partial charge in [-0.1, -0.05) is 20.8 Å². The summed E-state index contributed by atoms with van der Waals surface area (Å²) in [4.78, 5) is 41.6. The minimum atomic E-state index is -1.06. The Balaban J connectivity index is 0.000000462. The first-order valence-corrected chi connectivity index (χ1v) is 7.37. The smallest absolute Gasteiger partial charge is 0.335 e. The Bertz CT molecular complexity index is 598. The van der Waals surface area contributed by atoms with E-state index >= 15 is 0 Å². The maximum absolute atomic E-state index is 10.5. The standard InChI is InChI=1S/C9H16O4.C8H6O4/c1-6(8(12)13)4-9(2,3)5-7(10)11;9-7(10)5-1-2-6(4-3-5)8(11)12/h6H,4-5H2,1-3H3,(H,10,11)(H,12,13);1-4H,(H,9,10)(H,11,12). The molecule has 0 saturated heterocycles. The summed E-state index contributed by atoms with van der Waals surface area (Å²) in [5.41, 5.74) is -0.288. The Morgan fingerprint density at radius 1 is 0.880 bits per heavy atom. The van der Waals surface area contributed by atoms with Gasteiger partial charge in [-0.15, -0.1) is 0 Å². The van der Waals surface area contributed by atoms with Crippen molar-refractivity contribution in [3.63, 3.8) is 0 Å². The fraction of sp³-hybridized carbons (Fsp3) is 0.412. The SMILES string of the molecule is CC(CC(C)(C)CC(=O)O)C(=O)O.O=C(O)c1ccc(C(=O)O)cc1. The van der Waals surface area contributed by atoms with E-state index in [0.717, 1.165) is 0 Å². The number of hydrogen-bond acceptors (Lipinski definition) is 4. The molecule has 0 aliphatic rings. The van der Waals surface area contributed by atoms with E-state index in [1.165, 1.54) is 24.3 Å². The summed E-state index contributed by atoms with van der Waals surface area (Å²) in [5, 5.41) is 34.1. The predicted molar refractivity (Wildman–Crippen MR) is 87.8 cm³/mol. The molecule has 0 fully saturated rings. The number of carboxylic acid groups (broad SMARTS) is 4. The number of carbonyl (C=O) groups is 4. The second-order valence-electron chi connectivity index (χ2n) is 6.37. The zero-order valence-corrected chi connectivity index (χ0v) is 14.2. The highest BCUT2D eigenvalue weighted by atomic mass is 16.4. The van der Waals surface area contributed by atoms with Crippen LogP contribution in [0.5, 0.6) is 0 Å². The van der Waals surface area contributed by atoms with E-state index in [0.29, 0.717) is 6.42 Å². The third-order valence-electron chi connectivity index (χ3n) is 3.29. The highest BCUT2D eigenvalue weighted by Gasteiger charge is 2.26. The molecule has 0 spiro atoms. The maximum Gasteiger partial charge on any atom is 0.335 e. The van der Waals surface area contributed by atoms with Crippen molar-refractivity contribution in [2.75, 3.05) is 0 Å². The molecule has 1 unspecified atom stereocenters. The molecule has 0 aromatic heterocycles. The molecule has 0 saturated carbocycles. The van der Waals surface area contributed by atoms with E-state index in [1.54, 1.807) is 20.8 Å². The molecule has 0 heterocycles. The third kappa shape index (κ3) is 9.09. The fourth-order valence-corrected chi connectivity index (χ4v) is 2.15. The Labute approximate surface area is 144 Å². The van der Waals surface area contributed by atoms with E-state index in [9.17, 15) is 19.2 Å². The van der Waals surface area contributed by atoms with Gasteiger partial charge < -0.3 is 20.4 Å². The van der Waals surface area contributed by atoms with Crippen LogP contribution in [-0.2, 0) is 9.59 Å². The lowest BCUT2D eigenvalue weighted by Crippen LogP contribution is -2.23. The van der Waals surface area contributed by atoms with Crippen LogP contribution in [0, 0.1) is 11.3 Å². The zero-order chi connectivity index (χ0) is 19.8. The van der Waals surface area contributed by atoms with Gasteiger partial charge in [-0.05, 0) is 36.1 Å². The minimum absolute atomic E-state index is 0.00458. The first-order chi connectivity index (χ1) is 11.4. The average Bonchev–Trinajstić information content (AvgIpc) is 2.45. The lowest BCUT2D eigenvalue weighted by Gasteiger charge is -2.24. The lowest BCUT2D eigenvalue weighted by atomic mass is 9.81. The van der Waals surface area contributed by atoms with Crippen LogP contribution in [0.3, 0.4) is 0 Å². The highest BCUT2D eigenvalue weighted by molar-refractivity contribution is 5.91. The molecule has 25 heavy (non-hydrogen) atoms. The summed E-state index contributed by atoms with van der Waals surface area (Å²) in [6.45, 7) is 5.12. The number of hydrogen-bond donors (Lipinski definition) is 4. The zero-order valence-electron chi connectivity index (χ0n) is 14.2. The van der Waals surface area contributed by atoms with Gasteiger partial charge in [0.25, 0.3) is 0 Å². The average molecular weight is 354 g/mol. The van der Waals surface area contributed by atoms with Crippen LogP contribution in [0.15, 0.2) is 24.3 Å². The summed E-state index contributed by atoms with van der Waals surface area (Å²) >= 11 is 0. The summed E-state index contributed by atoms with van der Waals surface area (Å²) < 4.78 is 0.